The van der Waals surface area contributed by atoms with Crippen molar-refractivity contribution in [2.75, 3.05) is 25.0 Å². The second-order valence-corrected chi connectivity index (χ2v) is 4.49. The molecule has 0 radical (unpaired) electrons. The van der Waals surface area contributed by atoms with Crippen molar-refractivity contribution >= 4 is 23.3 Å². The molecular weight excluding hydrogens is 254 g/mol. The van der Waals surface area contributed by atoms with Crippen molar-refractivity contribution in [1.82, 2.24) is 10.3 Å². The van der Waals surface area contributed by atoms with E-state index in [1.807, 2.05) is 0 Å². The molecule has 1 saturated heterocycles. The topological polar surface area (TPSA) is 63.2 Å². The number of halogens is 1. The summed E-state index contributed by atoms with van der Waals surface area (Å²) in [7, 11) is 0. The zero-order valence-corrected chi connectivity index (χ0v) is 11.0. The fourth-order valence-corrected chi connectivity index (χ4v) is 2.08. The molecule has 2 rings (SSSR count). The van der Waals surface area contributed by atoms with Crippen molar-refractivity contribution < 1.29 is 9.53 Å². The highest BCUT2D eigenvalue weighted by molar-refractivity contribution is 6.29. The molecular formula is C12H16ClN3O2. The standard InChI is InChI=1S/C12H16ClN3O2/c1-2-18-12(17)9-7-15-11(13)5-10(9)16-8-3-4-14-6-8/h5,7-8,14H,2-4,6H2,1H3,(H,15,16)/t8-/m1/s1. The summed E-state index contributed by atoms with van der Waals surface area (Å²) in [5.74, 6) is -0.380. The summed E-state index contributed by atoms with van der Waals surface area (Å²) >= 11 is 5.87. The lowest BCUT2D eigenvalue weighted by atomic mass is 10.2. The number of anilines is 1. The van der Waals surface area contributed by atoms with Gasteiger partial charge in [-0.05, 0) is 26.0 Å². The van der Waals surface area contributed by atoms with Crippen molar-refractivity contribution in [1.29, 1.82) is 0 Å². The fraction of sp³-hybridized carbons (Fsp3) is 0.500. The van der Waals surface area contributed by atoms with Gasteiger partial charge in [-0.25, -0.2) is 9.78 Å². The van der Waals surface area contributed by atoms with Gasteiger partial charge in [0.1, 0.15) is 10.7 Å². The van der Waals surface area contributed by atoms with Crippen molar-refractivity contribution in [3.8, 4) is 0 Å². The molecule has 18 heavy (non-hydrogen) atoms. The highest BCUT2D eigenvalue weighted by atomic mass is 35.5. The van der Waals surface area contributed by atoms with E-state index < -0.39 is 0 Å². The zero-order valence-electron chi connectivity index (χ0n) is 10.2. The third-order valence-electron chi connectivity index (χ3n) is 2.79. The van der Waals surface area contributed by atoms with Crippen LogP contribution in [0.2, 0.25) is 5.15 Å². The fourth-order valence-electron chi connectivity index (χ4n) is 1.92. The molecule has 1 aliphatic rings. The summed E-state index contributed by atoms with van der Waals surface area (Å²) in [6, 6.07) is 1.96. The van der Waals surface area contributed by atoms with Crippen LogP contribution in [0.3, 0.4) is 0 Å². The lowest BCUT2D eigenvalue weighted by Gasteiger charge is -2.15. The summed E-state index contributed by atoms with van der Waals surface area (Å²) in [6.45, 7) is 3.97. The maximum atomic E-state index is 11.8. The van der Waals surface area contributed by atoms with Gasteiger partial charge in [-0.1, -0.05) is 11.6 Å². The number of hydrogen-bond acceptors (Lipinski definition) is 5. The molecule has 0 amide bonds. The van der Waals surface area contributed by atoms with Gasteiger partial charge >= 0.3 is 5.97 Å². The molecule has 5 nitrogen and oxygen atoms in total. The van der Waals surface area contributed by atoms with E-state index in [-0.39, 0.29) is 5.97 Å². The third-order valence-corrected chi connectivity index (χ3v) is 2.99. The average molecular weight is 270 g/mol. The molecule has 0 spiro atoms. The van der Waals surface area contributed by atoms with Crippen LogP contribution in [0.5, 0.6) is 0 Å². The first-order valence-corrected chi connectivity index (χ1v) is 6.38. The molecule has 98 valence electrons. The van der Waals surface area contributed by atoms with Crippen LogP contribution < -0.4 is 10.6 Å². The Labute approximate surface area is 111 Å². The SMILES string of the molecule is CCOC(=O)c1cnc(Cl)cc1N[C@@H]1CCNC1. The Hall–Kier alpha value is -1.33. The van der Waals surface area contributed by atoms with Gasteiger partial charge in [0.05, 0.1) is 12.3 Å². The maximum Gasteiger partial charge on any atom is 0.341 e. The van der Waals surface area contributed by atoms with Gasteiger partial charge in [0.25, 0.3) is 0 Å². The normalized spacial score (nSPS) is 18.7. The van der Waals surface area contributed by atoms with Gasteiger partial charge in [0.15, 0.2) is 0 Å². The summed E-state index contributed by atoms with van der Waals surface area (Å²) in [5.41, 5.74) is 1.11. The van der Waals surface area contributed by atoms with Crippen LogP contribution in [0.15, 0.2) is 12.3 Å². The number of aromatic nitrogens is 1. The second-order valence-electron chi connectivity index (χ2n) is 4.11. The molecule has 0 aromatic carbocycles. The molecule has 0 aliphatic carbocycles. The molecule has 1 aromatic heterocycles. The van der Waals surface area contributed by atoms with Crippen molar-refractivity contribution in [2.45, 2.75) is 19.4 Å². The summed E-state index contributed by atoms with van der Waals surface area (Å²) in [5, 5.41) is 6.91. The molecule has 0 unspecified atom stereocenters. The Morgan fingerprint density at radius 2 is 2.56 bits per heavy atom. The monoisotopic (exact) mass is 269 g/mol. The number of pyridine rings is 1. The van der Waals surface area contributed by atoms with E-state index >= 15 is 0 Å². The first-order valence-electron chi connectivity index (χ1n) is 6.00. The third kappa shape index (κ3) is 3.11. The number of nitrogens with zero attached hydrogens (tertiary/aromatic N) is 1. The number of nitrogens with one attached hydrogen (secondary N) is 2. The van der Waals surface area contributed by atoms with Crippen LogP contribution in [-0.4, -0.2) is 36.7 Å². The number of carbonyl (C=O) groups excluding carboxylic acids is 1. The molecule has 1 aromatic rings. The minimum absolute atomic E-state index is 0.302. The second kappa shape index (κ2) is 6.02. The van der Waals surface area contributed by atoms with E-state index in [1.165, 1.54) is 6.20 Å². The predicted molar refractivity (Wildman–Crippen MR) is 70.1 cm³/mol. The summed E-state index contributed by atoms with van der Waals surface area (Å²) in [6.07, 6.45) is 2.47. The smallest absolute Gasteiger partial charge is 0.341 e. The number of ether oxygens (including phenoxy) is 1. The van der Waals surface area contributed by atoms with E-state index in [0.29, 0.717) is 29.1 Å². The van der Waals surface area contributed by atoms with Crippen LogP contribution in [0, 0.1) is 0 Å². The zero-order chi connectivity index (χ0) is 13.0. The summed E-state index contributed by atoms with van der Waals surface area (Å²) in [4.78, 5) is 15.7. The van der Waals surface area contributed by atoms with Gasteiger partial charge in [-0.3, -0.25) is 0 Å². The van der Waals surface area contributed by atoms with Gasteiger partial charge in [0, 0.05) is 18.8 Å². The molecule has 0 bridgehead atoms. The minimum Gasteiger partial charge on any atom is -0.462 e. The quantitative estimate of drug-likeness (QED) is 0.643. The van der Waals surface area contributed by atoms with Crippen molar-refractivity contribution in [3.63, 3.8) is 0 Å². The van der Waals surface area contributed by atoms with E-state index in [2.05, 4.69) is 15.6 Å². The number of esters is 1. The van der Waals surface area contributed by atoms with Crippen LogP contribution in [0.4, 0.5) is 5.69 Å². The van der Waals surface area contributed by atoms with E-state index in [0.717, 1.165) is 19.5 Å². The molecule has 1 atom stereocenters. The number of rotatable bonds is 4. The van der Waals surface area contributed by atoms with E-state index in [1.54, 1.807) is 13.0 Å². The Morgan fingerprint density at radius 1 is 1.72 bits per heavy atom. The average Bonchev–Trinajstić information content (AvgIpc) is 2.82. The number of hydrogen-bond donors (Lipinski definition) is 2. The van der Waals surface area contributed by atoms with Crippen molar-refractivity contribution in [2.24, 2.45) is 0 Å². The Bertz CT molecular complexity index is 433. The Morgan fingerprint density at radius 3 is 3.22 bits per heavy atom. The first-order chi connectivity index (χ1) is 8.70. The highest BCUT2D eigenvalue weighted by Gasteiger charge is 2.19. The van der Waals surface area contributed by atoms with Crippen LogP contribution in [0.25, 0.3) is 0 Å². The molecule has 1 aliphatic heterocycles. The largest absolute Gasteiger partial charge is 0.462 e. The van der Waals surface area contributed by atoms with Gasteiger partial charge in [-0.15, -0.1) is 0 Å². The van der Waals surface area contributed by atoms with Crippen molar-refractivity contribution in [3.05, 3.63) is 23.0 Å². The molecule has 0 saturated carbocycles. The summed E-state index contributed by atoms with van der Waals surface area (Å²) < 4.78 is 5.00. The first kappa shape index (κ1) is 13.1. The highest BCUT2D eigenvalue weighted by Crippen LogP contribution is 2.21. The molecule has 1 fully saturated rings. The molecule has 2 heterocycles. The van der Waals surface area contributed by atoms with E-state index in [4.69, 9.17) is 16.3 Å². The Balaban J connectivity index is 2.19. The lowest BCUT2D eigenvalue weighted by Crippen LogP contribution is -2.23. The maximum absolute atomic E-state index is 11.8. The predicted octanol–water partition coefficient (Wildman–Crippen LogP) is 1.69. The Kier molecular flexibility index (Phi) is 4.38. The van der Waals surface area contributed by atoms with E-state index in [9.17, 15) is 4.79 Å². The van der Waals surface area contributed by atoms with Crippen LogP contribution in [-0.2, 0) is 4.74 Å². The van der Waals surface area contributed by atoms with Gasteiger partial charge < -0.3 is 15.4 Å². The van der Waals surface area contributed by atoms with Crippen LogP contribution in [0.1, 0.15) is 23.7 Å². The van der Waals surface area contributed by atoms with Crippen LogP contribution >= 0.6 is 11.6 Å². The minimum atomic E-state index is -0.380. The lowest BCUT2D eigenvalue weighted by molar-refractivity contribution is 0.0527. The van der Waals surface area contributed by atoms with Gasteiger partial charge in [0.2, 0.25) is 0 Å². The number of carbonyl (C=O) groups is 1. The molecule has 6 heteroatoms. The van der Waals surface area contributed by atoms with Gasteiger partial charge in [-0.2, -0.15) is 0 Å². The molecule has 2 N–H and O–H groups in total.